The predicted octanol–water partition coefficient (Wildman–Crippen LogP) is 4.04. The Morgan fingerprint density at radius 3 is 2.85 bits per heavy atom. The van der Waals surface area contributed by atoms with Gasteiger partial charge in [-0.1, -0.05) is 29.8 Å². The number of nitrogens with zero attached hydrogens (tertiary/aromatic N) is 2. The number of likely N-dealkylation sites (tertiary alicyclic amines) is 1. The zero-order valence-corrected chi connectivity index (χ0v) is 16.4. The minimum absolute atomic E-state index is 0.323. The maximum Gasteiger partial charge on any atom is 0.222 e. The lowest BCUT2D eigenvalue weighted by Crippen LogP contribution is -2.47. The third-order valence-corrected chi connectivity index (χ3v) is 6.90. The average molecular weight is 369 g/mol. The molecule has 0 spiro atoms. The van der Waals surface area contributed by atoms with Crippen LogP contribution in [0.3, 0.4) is 0 Å². The first-order chi connectivity index (χ1) is 12.7. The van der Waals surface area contributed by atoms with E-state index >= 15 is 0 Å². The second-order valence-corrected chi connectivity index (χ2v) is 8.69. The zero-order valence-electron chi connectivity index (χ0n) is 15.6. The van der Waals surface area contributed by atoms with Crippen molar-refractivity contribution < 1.29 is 4.79 Å². The molecule has 1 aromatic heterocycles. The molecule has 1 amide bonds. The third kappa shape index (κ3) is 4.02. The standard InChI is InChI=1S/C22H28N2OS/c1-17-3-2-4-18(15-17)5-6-22(25)23-11-7-20(8-12-23)24-13-9-21-19(16-24)10-14-26-21/h2-4,10,14-15,20H,5-9,11-13,16H2,1H3. The Morgan fingerprint density at radius 2 is 2.04 bits per heavy atom. The number of benzene rings is 1. The van der Waals surface area contributed by atoms with Gasteiger partial charge in [0.2, 0.25) is 5.91 Å². The van der Waals surface area contributed by atoms with Crippen LogP contribution in [0.4, 0.5) is 0 Å². The van der Waals surface area contributed by atoms with Crippen LogP contribution in [-0.2, 0) is 24.2 Å². The maximum atomic E-state index is 12.6. The van der Waals surface area contributed by atoms with Gasteiger partial charge in [0.15, 0.2) is 0 Å². The first-order valence-electron chi connectivity index (χ1n) is 9.81. The molecule has 0 saturated carbocycles. The summed E-state index contributed by atoms with van der Waals surface area (Å²) in [6.45, 7) is 6.23. The summed E-state index contributed by atoms with van der Waals surface area (Å²) in [6.07, 6.45) is 4.93. The fraction of sp³-hybridized carbons (Fsp3) is 0.500. The normalized spacial score (nSPS) is 18.7. The summed E-state index contributed by atoms with van der Waals surface area (Å²) in [5.41, 5.74) is 4.07. The van der Waals surface area contributed by atoms with E-state index in [4.69, 9.17) is 0 Å². The van der Waals surface area contributed by atoms with E-state index in [0.29, 0.717) is 18.4 Å². The molecule has 0 bridgehead atoms. The largest absolute Gasteiger partial charge is 0.343 e. The SMILES string of the molecule is Cc1cccc(CCC(=O)N2CCC(N3CCc4sccc4C3)CC2)c1. The van der Waals surface area contributed by atoms with Crippen molar-refractivity contribution in [3.63, 3.8) is 0 Å². The molecule has 0 aliphatic carbocycles. The molecule has 1 fully saturated rings. The van der Waals surface area contributed by atoms with Crippen LogP contribution in [0.2, 0.25) is 0 Å². The fourth-order valence-corrected chi connectivity index (χ4v) is 5.23. The molecule has 0 radical (unpaired) electrons. The molecule has 138 valence electrons. The van der Waals surface area contributed by atoms with Gasteiger partial charge in [-0.15, -0.1) is 11.3 Å². The number of hydrogen-bond acceptors (Lipinski definition) is 3. The molecule has 0 N–H and O–H groups in total. The van der Waals surface area contributed by atoms with E-state index < -0.39 is 0 Å². The van der Waals surface area contributed by atoms with Gasteiger partial charge in [-0.25, -0.2) is 0 Å². The molecule has 26 heavy (non-hydrogen) atoms. The number of fused-ring (bicyclic) bond motifs is 1. The molecule has 0 atom stereocenters. The smallest absolute Gasteiger partial charge is 0.222 e. The fourth-order valence-electron chi connectivity index (χ4n) is 4.34. The van der Waals surface area contributed by atoms with Crippen LogP contribution < -0.4 is 0 Å². The van der Waals surface area contributed by atoms with Gasteiger partial charge in [0.25, 0.3) is 0 Å². The molecule has 4 heteroatoms. The van der Waals surface area contributed by atoms with Crippen LogP contribution in [0, 0.1) is 6.92 Å². The summed E-state index contributed by atoms with van der Waals surface area (Å²) in [5.74, 6) is 0.323. The molecule has 2 aliphatic rings. The van der Waals surface area contributed by atoms with Gasteiger partial charge in [0.05, 0.1) is 0 Å². The summed E-state index contributed by atoms with van der Waals surface area (Å²) >= 11 is 1.90. The van der Waals surface area contributed by atoms with Crippen LogP contribution in [0.15, 0.2) is 35.7 Å². The van der Waals surface area contributed by atoms with Crippen molar-refractivity contribution in [2.45, 2.75) is 51.6 Å². The van der Waals surface area contributed by atoms with Gasteiger partial charge in [-0.2, -0.15) is 0 Å². The number of rotatable bonds is 4. The minimum Gasteiger partial charge on any atom is -0.343 e. The van der Waals surface area contributed by atoms with Crippen LogP contribution in [0.1, 0.15) is 40.8 Å². The van der Waals surface area contributed by atoms with Crippen LogP contribution in [0.25, 0.3) is 0 Å². The van der Waals surface area contributed by atoms with Crippen molar-refractivity contribution in [1.29, 1.82) is 0 Å². The molecular formula is C22H28N2OS. The topological polar surface area (TPSA) is 23.6 Å². The highest BCUT2D eigenvalue weighted by Gasteiger charge is 2.29. The molecule has 4 rings (SSSR count). The summed E-state index contributed by atoms with van der Waals surface area (Å²) in [7, 11) is 0. The lowest BCUT2D eigenvalue weighted by Gasteiger charge is -2.40. The quantitative estimate of drug-likeness (QED) is 0.813. The van der Waals surface area contributed by atoms with Gasteiger partial charge in [-0.3, -0.25) is 9.69 Å². The van der Waals surface area contributed by atoms with Gasteiger partial charge in [-0.05, 0) is 55.2 Å². The van der Waals surface area contributed by atoms with Gasteiger partial charge in [0, 0.05) is 43.5 Å². The van der Waals surface area contributed by atoms with Crippen LogP contribution >= 0.6 is 11.3 Å². The number of aryl methyl sites for hydroxylation is 2. The summed E-state index contributed by atoms with van der Waals surface area (Å²) in [5, 5.41) is 2.23. The van der Waals surface area contributed by atoms with E-state index in [9.17, 15) is 4.79 Å². The molecule has 3 heterocycles. The molecule has 2 aliphatic heterocycles. The third-order valence-electron chi connectivity index (χ3n) is 5.88. The van der Waals surface area contributed by atoms with Crippen LogP contribution in [-0.4, -0.2) is 41.4 Å². The van der Waals surface area contributed by atoms with Crippen molar-refractivity contribution in [3.05, 3.63) is 57.3 Å². The Labute approximate surface area is 160 Å². The van der Waals surface area contributed by atoms with E-state index in [1.807, 2.05) is 11.3 Å². The predicted molar refractivity (Wildman–Crippen MR) is 108 cm³/mol. The highest BCUT2D eigenvalue weighted by Crippen LogP contribution is 2.28. The van der Waals surface area contributed by atoms with Gasteiger partial charge in [0.1, 0.15) is 0 Å². The number of amides is 1. The molecule has 3 nitrogen and oxygen atoms in total. The van der Waals surface area contributed by atoms with E-state index in [1.165, 1.54) is 29.7 Å². The monoisotopic (exact) mass is 368 g/mol. The van der Waals surface area contributed by atoms with Gasteiger partial charge < -0.3 is 4.90 Å². The van der Waals surface area contributed by atoms with Gasteiger partial charge >= 0.3 is 0 Å². The number of thiophene rings is 1. The number of carbonyl (C=O) groups excluding carboxylic acids is 1. The molecular weight excluding hydrogens is 340 g/mol. The van der Waals surface area contributed by atoms with Crippen molar-refractivity contribution >= 4 is 17.2 Å². The van der Waals surface area contributed by atoms with E-state index in [2.05, 4.69) is 52.4 Å². The van der Waals surface area contributed by atoms with Crippen molar-refractivity contribution in [2.24, 2.45) is 0 Å². The maximum absolute atomic E-state index is 12.6. The second-order valence-electron chi connectivity index (χ2n) is 7.69. The Bertz CT molecular complexity index is 761. The van der Waals surface area contributed by atoms with E-state index in [0.717, 1.165) is 38.9 Å². The molecule has 2 aromatic rings. The Balaban J connectivity index is 1.25. The second kappa shape index (κ2) is 7.93. The Kier molecular flexibility index (Phi) is 5.41. The lowest BCUT2D eigenvalue weighted by atomic mass is 9.99. The molecule has 1 aromatic carbocycles. The minimum atomic E-state index is 0.323. The molecule has 1 saturated heterocycles. The summed E-state index contributed by atoms with van der Waals surface area (Å²) in [6, 6.07) is 11.4. The van der Waals surface area contributed by atoms with Crippen LogP contribution in [0.5, 0.6) is 0 Å². The zero-order chi connectivity index (χ0) is 17.9. The number of hydrogen-bond donors (Lipinski definition) is 0. The highest BCUT2D eigenvalue weighted by atomic mass is 32.1. The highest BCUT2D eigenvalue weighted by molar-refractivity contribution is 7.10. The first-order valence-corrected chi connectivity index (χ1v) is 10.7. The Morgan fingerprint density at radius 1 is 1.19 bits per heavy atom. The van der Waals surface area contributed by atoms with Crippen molar-refractivity contribution in [2.75, 3.05) is 19.6 Å². The average Bonchev–Trinajstić information content (AvgIpc) is 3.14. The first kappa shape index (κ1) is 17.7. The summed E-state index contributed by atoms with van der Waals surface area (Å²) < 4.78 is 0. The van der Waals surface area contributed by atoms with E-state index in [-0.39, 0.29) is 0 Å². The van der Waals surface area contributed by atoms with Crippen molar-refractivity contribution in [1.82, 2.24) is 9.80 Å². The van der Waals surface area contributed by atoms with Crippen molar-refractivity contribution in [3.8, 4) is 0 Å². The molecule has 0 unspecified atom stereocenters. The Hall–Kier alpha value is -1.65. The summed E-state index contributed by atoms with van der Waals surface area (Å²) in [4.78, 5) is 18.9. The van der Waals surface area contributed by atoms with E-state index in [1.54, 1.807) is 4.88 Å². The number of piperidine rings is 1. The number of carbonyl (C=O) groups is 1. The lowest BCUT2D eigenvalue weighted by molar-refractivity contribution is -0.132.